The van der Waals surface area contributed by atoms with Crippen molar-refractivity contribution in [3.8, 4) is 0 Å². The fourth-order valence-corrected chi connectivity index (χ4v) is 3.91. The van der Waals surface area contributed by atoms with E-state index in [4.69, 9.17) is 16.3 Å². The molecule has 4 nitrogen and oxygen atoms in total. The summed E-state index contributed by atoms with van der Waals surface area (Å²) in [4.78, 5) is 0. The van der Waals surface area contributed by atoms with Gasteiger partial charge < -0.3 is 4.74 Å². The van der Waals surface area contributed by atoms with Gasteiger partial charge in [-0.2, -0.15) is 8.42 Å². The highest BCUT2D eigenvalue weighted by Gasteiger charge is 2.61. The van der Waals surface area contributed by atoms with Gasteiger partial charge in [0, 0.05) is 10.6 Å². The third-order valence-corrected chi connectivity index (χ3v) is 5.49. The van der Waals surface area contributed by atoms with Crippen molar-refractivity contribution in [1.29, 1.82) is 0 Å². The van der Waals surface area contributed by atoms with Gasteiger partial charge in [-0.25, -0.2) is 4.39 Å². The highest BCUT2D eigenvalue weighted by atomic mass is 35.5. The predicted octanol–water partition coefficient (Wildman–Crippen LogP) is 3.42. The molecule has 122 valence electrons. The molecule has 1 aliphatic rings. The van der Waals surface area contributed by atoms with Gasteiger partial charge in [0.2, 0.25) is 0 Å². The maximum absolute atomic E-state index is 13.2. The fourth-order valence-electron chi connectivity index (χ4n) is 2.64. The zero-order valence-electron chi connectivity index (χ0n) is 12.2. The molecule has 2 aromatic rings. The van der Waals surface area contributed by atoms with Crippen LogP contribution in [0.4, 0.5) is 4.39 Å². The molecule has 0 aliphatic carbocycles. The van der Waals surface area contributed by atoms with Crippen molar-refractivity contribution in [2.24, 2.45) is 0 Å². The van der Waals surface area contributed by atoms with Gasteiger partial charge in [-0.05, 0) is 23.8 Å². The molecule has 0 aromatic heterocycles. The van der Waals surface area contributed by atoms with Crippen molar-refractivity contribution < 1.29 is 21.7 Å². The normalized spacial score (nSPS) is 23.7. The van der Waals surface area contributed by atoms with Crippen LogP contribution in [0.15, 0.2) is 48.5 Å². The van der Waals surface area contributed by atoms with E-state index in [2.05, 4.69) is 4.18 Å². The lowest BCUT2D eigenvalue weighted by atomic mass is 9.93. The average Bonchev–Trinajstić information content (AvgIpc) is 3.22. The Bertz CT molecular complexity index is 822. The van der Waals surface area contributed by atoms with E-state index < -0.39 is 27.6 Å². The first-order valence-corrected chi connectivity index (χ1v) is 8.80. The van der Waals surface area contributed by atoms with Crippen molar-refractivity contribution >= 4 is 21.7 Å². The van der Waals surface area contributed by atoms with Crippen molar-refractivity contribution in [2.45, 2.75) is 11.7 Å². The Morgan fingerprint density at radius 3 is 2.48 bits per heavy atom. The lowest BCUT2D eigenvalue weighted by molar-refractivity contribution is 0.305. The Labute approximate surface area is 138 Å². The Morgan fingerprint density at radius 2 is 1.87 bits per heavy atom. The number of hydrogen-bond donors (Lipinski definition) is 0. The standard InChI is InChI=1S/C16H14ClFO4S/c1-21-23(19,20)10-16(11-6-8-12(18)9-7-11)15(22-16)13-4-2-3-5-14(13)17/h2-9,15H,10H2,1H3/t15-,16+/m1/s1. The zero-order chi connectivity index (χ0) is 16.7. The quantitative estimate of drug-likeness (QED) is 0.608. The molecular formula is C16H14ClFO4S. The monoisotopic (exact) mass is 356 g/mol. The van der Waals surface area contributed by atoms with Crippen LogP contribution in [0.3, 0.4) is 0 Å². The van der Waals surface area contributed by atoms with Crippen LogP contribution in [0.5, 0.6) is 0 Å². The number of rotatable bonds is 5. The largest absolute Gasteiger partial charge is 0.355 e. The van der Waals surface area contributed by atoms with E-state index in [1.807, 2.05) is 0 Å². The van der Waals surface area contributed by atoms with Crippen LogP contribution < -0.4 is 0 Å². The summed E-state index contributed by atoms with van der Waals surface area (Å²) in [6.07, 6.45) is -0.536. The van der Waals surface area contributed by atoms with Gasteiger partial charge >= 0.3 is 0 Å². The van der Waals surface area contributed by atoms with Gasteiger partial charge in [0.05, 0.1) is 7.11 Å². The molecule has 0 N–H and O–H groups in total. The van der Waals surface area contributed by atoms with Gasteiger partial charge in [0.15, 0.2) is 0 Å². The van der Waals surface area contributed by atoms with E-state index in [0.29, 0.717) is 16.1 Å². The molecule has 0 radical (unpaired) electrons. The van der Waals surface area contributed by atoms with Crippen LogP contribution in [0, 0.1) is 5.82 Å². The molecule has 23 heavy (non-hydrogen) atoms. The van der Waals surface area contributed by atoms with Crippen LogP contribution in [0.2, 0.25) is 5.02 Å². The van der Waals surface area contributed by atoms with E-state index >= 15 is 0 Å². The zero-order valence-corrected chi connectivity index (χ0v) is 13.8. The molecule has 1 saturated heterocycles. The van der Waals surface area contributed by atoms with E-state index in [9.17, 15) is 12.8 Å². The second-order valence-corrected chi connectivity index (χ2v) is 7.43. The van der Waals surface area contributed by atoms with Crippen molar-refractivity contribution in [1.82, 2.24) is 0 Å². The van der Waals surface area contributed by atoms with E-state index in [-0.39, 0.29) is 5.75 Å². The lowest BCUT2D eigenvalue weighted by Gasteiger charge is -2.14. The van der Waals surface area contributed by atoms with Crippen LogP contribution >= 0.6 is 11.6 Å². The summed E-state index contributed by atoms with van der Waals surface area (Å²) < 4.78 is 47.4. The second-order valence-electron chi connectivity index (χ2n) is 5.28. The molecular weight excluding hydrogens is 343 g/mol. The Hall–Kier alpha value is -1.47. The number of halogens is 2. The van der Waals surface area contributed by atoms with Gasteiger partial charge in [-0.15, -0.1) is 0 Å². The first-order valence-electron chi connectivity index (χ1n) is 6.84. The van der Waals surface area contributed by atoms with Crippen LogP contribution in [0.25, 0.3) is 0 Å². The summed E-state index contributed by atoms with van der Waals surface area (Å²) in [6.45, 7) is 0. The average molecular weight is 357 g/mol. The minimum atomic E-state index is -3.79. The summed E-state index contributed by atoms with van der Waals surface area (Å²) >= 11 is 6.18. The molecule has 1 heterocycles. The number of benzene rings is 2. The maximum Gasteiger partial charge on any atom is 0.270 e. The molecule has 1 fully saturated rings. The van der Waals surface area contributed by atoms with Crippen molar-refractivity contribution in [3.05, 3.63) is 70.5 Å². The summed E-state index contributed by atoms with van der Waals surface area (Å²) in [7, 11) is -2.69. The first kappa shape index (κ1) is 16.4. The molecule has 3 rings (SSSR count). The van der Waals surface area contributed by atoms with Gasteiger partial charge in [-0.3, -0.25) is 4.18 Å². The van der Waals surface area contributed by atoms with Crippen molar-refractivity contribution in [3.63, 3.8) is 0 Å². The maximum atomic E-state index is 13.2. The molecule has 2 atom stereocenters. The van der Waals surface area contributed by atoms with Gasteiger partial charge in [-0.1, -0.05) is 41.9 Å². The summed E-state index contributed by atoms with van der Waals surface area (Å²) in [6, 6.07) is 12.6. The van der Waals surface area contributed by atoms with Gasteiger partial charge in [0.25, 0.3) is 10.1 Å². The number of hydrogen-bond acceptors (Lipinski definition) is 4. The molecule has 7 heteroatoms. The third-order valence-electron chi connectivity index (χ3n) is 3.86. The Balaban J connectivity index is 2.04. The molecule has 0 unspecified atom stereocenters. The Kier molecular flexibility index (Phi) is 4.18. The SMILES string of the molecule is COS(=O)(=O)C[C@@]1(c2ccc(F)cc2)O[C@@H]1c1ccccc1Cl. The van der Waals surface area contributed by atoms with Crippen molar-refractivity contribution in [2.75, 3.05) is 12.9 Å². The predicted molar refractivity (Wildman–Crippen MR) is 84.2 cm³/mol. The highest BCUT2D eigenvalue weighted by molar-refractivity contribution is 7.86. The highest BCUT2D eigenvalue weighted by Crippen LogP contribution is 2.58. The van der Waals surface area contributed by atoms with Gasteiger partial charge in [0.1, 0.15) is 23.3 Å². The molecule has 0 spiro atoms. The summed E-state index contributed by atoms with van der Waals surface area (Å²) in [5, 5.41) is 0.483. The summed E-state index contributed by atoms with van der Waals surface area (Å²) in [5.41, 5.74) is 0.113. The lowest BCUT2D eigenvalue weighted by Crippen LogP contribution is -2.24. The molecule has 2 aromatic carbocycles. The second kappa shape index (κ2) is 5.87. The number of epoxide rings is 1. The molecule has 0 amide bonds. The topological polar surface area (TPSA) is 55.9 Å². The molecule has 1 aliphatic heterocycles. The Morgan fingerprint density at radius 1 is 1.22 bits per heavy atom. The van der Waals surface area contributed by atoms with E-state index in [0.717, 1.165) is 7.11 Å². The smallest absolute Gasteiger partial charge is 0.270 e. The molecule has 0 saturated carbocycles. The van der Waals surface area contributed by atoms with Crippen LogP contribution in [-0.4, -0.2) is 21.3 Å². The molecule has 0 bridgehead atoms. The minimum Gasteiger partial charge on any atom is -0.355 e. The third kappa shape index (κ3) is 3.12. The summed E-state index contributed by atoms with van der Waals surface area (Å²) in [5.74, 6) is -0.786. The van der Waals surface area contributed by atoms with Crippen LogP contribution in [0.1, 0.15) is 17.2 Å². The first-order chi connectivity index (χ1) is 10.9. The van der Waals surface area contributed by atoms with E-state index in [1.54, 1.807) is 24.3 Å². The minimum absolute atomic E-state index is 0.377. The fraction of sp³-hybridized carbons (Fsp3) is 0.250. The van der Waals surface area contributed by atoms with Crippen LogP contribution in [-0.2, 0) is 24.6 Å². The number of ether oxygens (including phenoxy) is 1. The van der Waals surface area contributed by atoms with E-state index in [1.165, 1.54) is 24.3 Å².